The number of hydrogen-bond donors (Lipinski definition) is 1. The molecular formula is C10H18N2O2. The van der Waals surface area contributed by atoms with Gasteiger partial charge in [-0.05, 0) is 33.2 Å². The average molecular weight is 198 g/mol. The van der Waals surface area contributed by atoms with Gasteiger partial charge in [0.25, 0.3) is 0 Å². The number of likely N-dealkylation sites (tertiary alicyclic amines) is 1. The SMILES string of the molecule is CN[C@@H]1CCCCN(CC(C)=O)C1=O. The Labute approximate surface area is 84.7 Å². The van der Waals surface area contributed by atoms with Crippen LogP contribution in [0, 0.1) is 0 Å². The van der Waals surface area contributed by atoms with Crippen molar-refractivity contribution in [2.75, 3.05) is 20.1 Å². The first-order valence-electron chi connectivity index (χ1n) is 5.10. The van der Waals surface area contributed by atoms with Gasteiger partial charge in [0.05, 0.1) is 12.6 Å². The summed E-state index contributed by atoms with van der Waals surface area (Å²) < 4.78 is 0. The number of nitrogens with one attached hydrogen (secondary N) is 1. The van der Waals surface area contributed by atoms with E-state index in [1.54, 1.807) is 11.9 Å². The lowest BCUT2D eigenvalue weighted by Gasteiger charge is -2.22. The van der Waals surface area contributed by atoms with Gasteiger partial charge in [0.15, 0.2) is 0 Å². The molecule has 1 fully saturated rings. The van der Waals surface area contributed by atoms with Crippen LogP contribution in [0.15, 0.2) is 0 Å². The predicted octanol–water partition coefficient (Wildman–Crippen LogP) is 0.176. The first-order valence-corrected chi connectivity index (χ1v) is 5.10. The molecule has 0 aromatic rings. The molecular weight excluding hydrogens is 180 g/mol. The number of rotatable bonds is 3. The molecule has 1 saturated heterocycles. The molecule has 1 aliphatic rings. The van der Waals surface area contributed by atoms with E-state index in [4.69, 9.17) is 0 Å². The maximum Gasteiger partial charge on any atom is 0.240 e. The van der Waals surface area contributed by atoms with E-state index >= 15 is 0 Å². The molecule has 0 unspecified atom stereocenters. The van der Waals surface area contributed by atoms with Crippen molar-refractivity contribution in [1.29, 1.82) is 0 Å². The quantitative estimate of drug-likeness (QED) is 0.703. The second-order valence-electron chi connectivity index (χ2n) is 3.80. The van der Waals surface area contributed by atoms with Crippen LogP contribution in [0.25, 0.3) is 0 Å². The molecule has 1 heterocycles. The summed E-state index contributed by atoms with van der Waals surface area (Å²) in [5.41, 5.74) is 0. The number of Topliss-reactive ketones (excluding diaryl/α,β-unsaturated/α-hetero) is 1. The second-order valence-corrected chi connectivity index (χ2v) is 3.80. The van der Waals surface area contributed by atoms with Crippen LogP contribution < -0.4 is 5.32 Å². The number of carbonyl (C=O) groups excluding carboxylic acids is 2. The maximum atomic E-state index is 11.8. The topological polar surface area (TPSA) is 49.4 Å². The van der Waals surface area contributed by atoms with Gasteiger partial charge >= 0.3 is 0 Å². The molecule has 4 heteroatoms. The smallest absolute Gasteiger partial charge is 0.240 e. The fourth-order valence-corrected chi connectivity index (χ4v) is 1.80. The Bertz CT molecular complexity index is 228. The van der Waals surface area contributed by atoms with Crippen LogP contribution >= 0.6 is 0 Å². The van der Waals surface area contributed by atoms with Crippen molar-refractivity contribution in [2.45, 2.75) is 32.2 Å². The number of nitrogens with zero attached hydrogens (tertiary/aromatic N) is 1. The van der Waals surface area contributed by atoms with Gasteiger partial charge in [-0.15, -0.1) is 0 Å². The summed E-state index contributed by atoms with van der Waals surface area (Å²) in [6, 6.07) is -0.100. The lowest BCUT2D eigenvalue weighted by Crippen LogP contribution is -2.45. The summed E-state index contributed by atoms with van der Waals surface area (Å²) in [5, 5.41) is 2.99. The summed E-state index contributed by atoms with van der Waals surface area (Å²) in [5.74, 6) is 0.121. The Morgan fingerprint density at radius 2 is 2.29 bits per heavy atom. The fourth-order valence-electron chi connectivity index (χ4n) is 1.80. The van der Waals surface area contributed by atoms with Crippen LogP contribution in [-0.2, 0) is 9.59 Å². The number of carbonyl (C=O) groups is 2. The van der Waals surface area contributed by atoms with Gasteiger partial charge in [0.1, 0.15) is 5.78 Å². The largest absolute Gasteiger partial charge is 0.334 e. The lowest BCUT2D eigenvalue weighted by atomic mass is 10.1. The number of amides is 1. The Kier molecular flexibility index (Phi) is 4.07. The first kappa shape index (κ1) is 11.2. The van der Waals surface area contributed by atoms with E-state index in [1.807, 2.05) is 0 Å². The van der Waals surface area contributed by atoms with Crippen LogP contribution in [0.4, 0.5) is 0 Å². The van der Waals surface area contributed by atoms with Crippen molar-refractivity contribution in [3.8, 4) is 0 Å². The first-order chi connectivity index (χ1) is 6.65. The molecule has 4 nitrogen and oxygen atoms in total. The highest BCUT2D eigenvalue weighted by atomic mass is 16.2. The van der Waals surface area contributed by atoms with Crippen molar-refractivity contribution in [1.82, 2.24) is 10.2 Å². The van der Waals surface area contributed by atoms with Crippen LogP contribution in [0.1, 0.15) is 26.2 Å². The summed E-state index contributed by atoms with van der Waals surface area (Å²) in [4.78, 5) is 24.4. The predicted molar refractivity (Wildman–Crippen MR) is 54.0 cm³/mol. The van der Waals surface area contributed by atoms with Gasteiger partial charge in [-0.25, -0.2) is 0 Å². The third-order valence-electron chi connectivity index (χ3n) is 2.54. The zero-order valence-corrected chi connectivity index (χ0v) is 8.88. The summed E-state index contributed by atoms with van der Waals surface area (Å²) in [6.45, 7) is 2.50. The van der Waals surface area contributed by atoms with Gasteiger partial charge in [-0.2, -0.15) is 0 Å². The molecule has 0 bridgehead atoms. The number of ketones is 1. The molecule has 0 aromatic heterocycles. The van der Waals surface area contributed by atoms with Crippen LogP contribution in [0.3, 0.4) is 0 Å². The van der Waals surface area contributed by atoms with E-state index < -0.39 is 0 Å². The molecule has 0 aliphatic carbocycles. The van der Waals surface area contributed by atoms with Crippen molar-refractivity contribution < 1.29 is 9.59 Å². The zero-order chi connectivity index (χ0) is 10.6. The molecule has 1 aliphatic heterocycles. The van der Waals surface area contributed by atoms with Gasteiger partial charge < -0.3 is 10.2 Å². The molecule has 14 heavy (non-hydrogen) atoms. The molecule has 1 N–H and O–H groups in total. The standard InChI is InChI=1S/C10H18N2O2/c1-8(13)7-12-6-4-3-5-9(11-2)10(12)14/h9,11H,3-7H2,1-2H3/t9-/m1/s1. The van der Waals surface area contributed by atoms with Crippen LogP contribution in [0.5, 0.6) is 0 Å². The van der Waals surface area contributed by atoms with Crippen molar-refractivity contribution in [2.24, 2.45) is 0 Å². The monoisotopic (exact) mass is 198 g/mol. The molecule has 0 saturated carbocycles. The third kappa shape index (κ3) is 2.80. The minimum absolute atomic E-state index is 0.0510. The van der Waals surface area contributed by atoms with Gasteiger partial charge in [-0.1, -0.05) is 0 Å². The molecule has 1 atom stereocenters. The minimum Gasteiger partial charge on any atom is -0.334 e. The van der Waals surface area contributed by atoms with E-state index in [2.05, 4.69) is 5.32 Å². The molecule has 0 aromatic carbocycles. The van der Waals surface area contributed by atoms with Crippen molar-refractivity contribution in [3.63, 3.8) is 0 Å². The van der Waals surface area contributed by atoms with E-state index in [0.717, 1.165) is 25.8 Å². The Hall–Kier alpha value is -0.900. The van der Waals surface area contributed by atoms with Crippen molar-refractivity contribution >= 4 is 11.7 Å². The molecule has 1 amide bonds. The molecule has 0 radical (unpaired) electrons. The Morgan fingerprint density at radius 1 is 1.57 bits per heavy atom. The summed E-state index contributed by atoms with van der Waals surface area (Å²) in [7, 11) is 1.79. The zero-order valence-electron chi connectivity index (χ0n) is 8.88. The van der Waals surface area contributed by atoms with E-state index in [1.165, 1.54) is 6.92 Å². The highest BCUT2D eigenvalue weighted by molar-refractivity contribution is 5.87. The molecule has 1 rings (SSSR count). The van der Waals surface area contributed by atoms with E-state index in [-0.39, 0.29) is 24.3 Å². The van der Waals surface area contributed by atoms with Crippen molar-refractivity contribution in [3.05, 3.63) is 0 Å². The average Bonchev–Trinajstić information content (AvgIpc) is 2.29. The van der Waals surface area contributed by atoms with E-state index in [9.17, 15) is 9.59 Å². The second kappa shape index (κ2) is 5.10. The highest BCUT2D eigenvalue weighted by Crippen LogP contribution is 2.11. The van der Waals surface area contributed by atoms with Gasteiger partial charge in [0.2, 0.25) is 5.91 Å². The van der Waals surface area contributed by atoms with Crippen LogP contribution in [-0.4, -0.2) is 42.8 Å². The lowest BCUT2D eigenvalue weighted by molar-refractivity contribution is -0.136. The summed E-state index contributed by atoms with van der Waals surface area (Å²) >= 11 is 0. The maximum absolute atomic E-state index is 11.8. The van der Waals surface area contributed by atoms with Gasteiger partial charge in [0, 0.05) is 6.54 Å². The fraction of sp³-hybridized carbons (Fsp3) is 0.800. The summed E-state index contributed by atoms with van der Waals surface area (Å²) in [6.07, 6.45) is 2.92. The normalized spacial score (nSPS) is 23.4. The minimum atomic E-state index is -0.100. The number of likely N-dealkylation sites (N-methyl/N-ethyl adjacent to an activating group) is 1. The van der Waals surface area contributed by atoms with Crippen LogP contribution in [0.2, 0.25) is 0 Å². The van der Waals surface area contributed by atoms with E-state index in [0.29, 0.717) is 0 Å². The molecule has 0 spiro atoms. The number of hydrogen-bond acceptors (Lipinski definition) is 3. The Balaban J connectivity index is 2.63. The Morgan fingerprint density at radius 3 is 2.86 bits per heavy atom. The van der Waals surface area contributed by atoms with Gasteiger partial charge in [-0.3, -0.25) is 9.59 Å². The highest BCUT2D eigenvalue weighted by Gasteiger charge is 2.25. The molecule has 80 valence electrons. The third-order valence-corrected chi connectivity index (χ3v) is 2.54.